The van der Waals surface area contributed by atoms with E-state index in [-0.39, 0.29) is 11.8 Å². The lowest BCUT2D eigenvalue weighted by Crippen LogP contribution is -2.15. The number of hydrogen-bond donors (Lipinski definition) is 2. The minimum Gasteiger partial charge on any atom is -0.478 e. The molecule has 0 saturated heterocycles. The number of carbonyl (C=O) groups is 2. The van der Waals surface area contributed by atoms with Crippen LogP contribution >= 0.6 is 23.1 Å². The van der Waals surface area contributed by atoms with Gasteiger partial charge in [0.2, 0.25) is 5.91 Å². The number of hydrogen-bond acceptors (Lipinski definition) is 4. The average molecular weight is 283 g/mol. The first-order valence-corrected chi connectivity index (χ1v) is 7.90. The number of carbonyl (C=O) groups excluding carboxylic acids is 1. The number of amides is 1. The maximum atomic E-state index is 11.8. The molecule has 1 amide bonds. The first-order chi connectivity index (χ1) is 8.66. The molecular formula is C12H13NO3S2. The summed E-state index contributed by atoms with van der Waals surface area (Å²) < 4.78 is 0. The van der Waals surface area contributed by atoms with E-state index in [0.29, 0.717) is 10.6 Å². The topological polar surface area (TPSA) is 66.4 Å². The predicted molar refractivity (Wildman–Crippen MR) is 72.5 cm³/mol. The maximum Gasteiger partial charge on any atom is 0.339 e. The summed E-state index contributed by atoms with van der Waals surface area (Å²) in [5.74, 6) is 0.967. The Morgan fingerprint density at radius 2 is 2.11 bits per heavy atom. The summed E-state index contributed by atoms with van der Waals surface area (Å²) in [5, 5.41) is 12.7. The van der Waals surface area contributed by atoms with Crippen molar-refractivity contribution >= 4 is 40.0 Å². The lowest BCUT2D eigenvalue weighted by Gasteiger charge is -2.10. The Bertz CT molecular complexity index is 520. The van der Waals surface area contributed by atoms with Crippen molar-refractivity contribution in [3.05, 3.63) is 16.0 Å². The van der Waals surface area contributed by atoms with Crippen LogP contribution in [0.1, 0.15) is 33.6 Å². The Balaban J connectivity index is 1.94. The van der Waals surface area contributed by atoms with Gasteiger partial charge in [0.25, 0.3) is 0 Å². The van der Waals surface area contributed by atoms with Gasteiger partial charge in [-0.1, -0.05) is 0 Å². The number of thiophene rings is 1. The van der Waals surface area contributed by atoms with Gasteiger partial charge in [-0.25, -0.2) is 4.79 Å². The highest BCUT2D eigenvalue weighted by Gasteiger charge is 2.32. The molecule has 0 aromatic carbocycles. The lowest BCUT2D eigenvalue weighted by atomic mass is 10.1. The Labute approximate surface area is 113 Å². The molecule has 1 aromatic heterocycles. The highest BCUT2D eigenvalue weighted by atomic mass is 32.2. The van der Waals surface area contributed by atoms with E-state index >= 15 is 0 Å². The Hall–Kier alpha value is -1.01. The fraction of sp³-hybridized carbons (Fsp3) is 0.500. The fourth-order valence-electron chi connectivity index (χ4n) is 2.11. The molecule has 18 heavy (non-hydrogen) atoms. The van der Waals surface area contributed by atoms with E-state index in [0.717, 1.165) is 41.2 Å². The zero-order valence-corrected chi connectivity index (χ0v) is 11.3. The van der Waals surface area contributed by atoms with Gasteiger partial charge in [-0.2, -0.15) is 11.8 Å². The van der Waals surface area contributed by atoms with E-state index in [9.17, 15) is 14.7 Å². The number of thioether (sulfide) groups is 1. The highest BCUT2D eigenvalue weighted by molar-refractivity contribution is 7.98. The zero-order valence-electron chi connectivity index (χ0n) is 9.69. The molecular weight excluding hydrogens is 270 g/mol. The monoisotopic (exact) mass is 283 g/mol. The van der Waals surface area contributed by atoms with Crippen molar-refractivity contribution in [2.24, 2.45) is 5.92 Å². The number of aromatic carboxylic acids is 1. The molecule has 1 saturated carbocycles. The van der Waals surface area contributed by atoms with Gasteiger partial charge in [0.15, 0.2) is 0 Å². The van der Waals surface area contributed by atoms with Gasteiger partial charge in [-0.05, 0) is 30.6 Å². The van der Waals surface area contributed by atoms with Crippen molar-refractivity contribution in [3.63, 3.8) is 0 Å². The van der Waals surface area contributed by atoms with Crippen LogP contribution in [0.4, 0.5) is 5.00 Å². The maximum absolute atomic E-state index is 11.8. The van der Waals surface area contributed by atoms with Crippen LogP contribution in [0.25, 0.3) is 0 Å². The SMILES string of the molecule is O=C(O)c1c(NC(=O)C2CC2)sc2c1CCSC2. The van der Waals surface area contributed by atoms with Gasteiger partial charge in [-0.3, -0.25) is 4.79 Å². The molecule has 0 spiro atoms. The van der Waals surface area contributed by atoms with Crippen LogP contribution in [0, 0.1) is 5.92 Å². The second-order valence-electron chi connectivity index (χ2n) is 4.58. The van der Waals surface area contributed by atoms with Crippen molar-refractivity contribution in [1.29, 1.82) is 0 Å². The highest BCUT2D eigenvalue weighted by Crippen LogP contribution is 2.40. The lowest BCUT2D eigenvalue weighted by molar-refractivity contribution is -0.117. The van der Waals surface area contributed by atoms with Gasteiger partial charge in [-0.15, -0.1) is 11.3 Å². The number of fused-ring (bicyclic) bond motifs is 1. The average Bonchev–Trinajstić information content (AvgIpc) is 3.10. The Kier molecular flexibility index (Phi) is 3.07. The third-order valence-electron chi connectivity index (χ3n) is 3.22. The number of carboxylic acids is 1. The molecule has 2 aliphatic rings. The van der Waals surface area contributed by atoms with Crippen LogP contribution in [0.15, 0.2) is 0 Å². The normalized spacial score (nSPS) is 18.2. The Morgan fingerprint density at radius 3 is 2.78 bits per heavy atom. The molecule has 2 heterocycles. The molecule has 1 aromatic rings. The minimum atomic E-state index is -0.925. The minimum absolute atomic E-state index is 0.0243. The van der Waals surface area contributed by atoms with Gasteiger partial charge in [0.05, 0.1) is 5.56 Å². The predicted octanol–water partition coefficient (Wildman–Crippen LogP) is 2.58. The third-order valence-corrected chi connectivity index (χ3v) is 5.53. The van der Waals surface area contributed by atoms with Crippen molar-refractivity contribution in [2.45, 2.75) is 25.0 Å². The van der Waals surface area contributed by atoms with Crippen LogP contribution in [0.5, 0.6) is 0 Å². The molecule has 0 atom stereocenters. The molecule has 0 radical (unpaired) electrons. The molecule has 2 N–H and O–H groups in total. The first kappa shape index (κ1) is 12.0. The quantitative estimate of drug-likeness (QED) is 0.894. The van der Waals surface area contributed by atoms with E-state index in [1.807, 2.05) is 11.8 Å². The summed E-state index contributed by atoms with van der Waals surface area (Å²) >= 11 is 3.24. The van der Waals surface area contributed by atoms with E-state index in [1.54, 1.807) is 0 Å². The number of anilines is 1. The molecule has 6 heteroatoms. The van der Waals surface area contributed by atoms with Crippen LogP contribution in [0.2, 0.25) is 0 Å². The standard InChI is InChI=1S/C12H13NO3S2/c14-10(6-1-2-6)13-11-9(12(15)16)7-3-4-17-5-8(7)18-11/h6H,1-5H2,(H,13,14)(H,15,16). The van der Waals surface area contributed by atoms with E-state index in [1.165, 1.54) is 11.3 Å². The van der Waals surface area contributed by atoms with Crippen molar-refractivity contribution in [2.75, 3.05) is 11.1 Å². The summed E-state index contributed by atoms with van der Waals surface area (Å²) in [6.07, 6.45) is 2.64. The molecule has 0 bridgehead atoms. The summed E-state index contributed by atoms with van der Waals surface area (Å²) in [6, 6.07) is 0. The molecule has 1 aliphatic carbocycles. The van der Waals surface area contributed by atoms with Crippen LogP contribution in [0.3, 0.4) is 0 Å². The summed E-state index contributed by atoms with van der Waals surface area (Å²) in [4.78, 5) is 24.2. The van der Waals surface area contributed by atoms with Gasteiger partial charge < -0.3 is 10.4 Å². The summed E-state index contributed by atoms with van der Waals surface area (Å²) in [6.45, 7) is 0. The molecule has 3 rings (SSSR count). The second-order valence-corrected chi connectivity index (χ2v) is 6.79. The van der Waals surface area contributed by atoms with E-state index in [2.05, 4.69) is 5.32 Å². The van der Waals surface area contributed by atoms with Gasteiger partial charge in [0, 0.05) is 16.5 Å². The van der Waals surface area contributed by atoms with Crippen molar-refractivity contribution < 1.29 is 14.7 Å². The Morgan fingerprint density at radius 1 is 1.33 bits per heavy atom. The van der Waals surface area contributed by atoms with Crippen LogP contribution < -0.4 is 5.32 Å². The largest absolute Gasteiger partial charge is 0.478 e. The second kappa shape index (κ2) is 4.59. The molecule has 1 fully saturated rings. The van der Waals surface area contributed by atoms with E-state index < -0.39 is 5.97 Å². The van der Waals surface area contributed by atoms with Gasteiger partial charge >= 0.3 is 5.97 Å². The molecule has 4 nitrogen and oxygen atoms in total. The van der Waals surface area contributed by atoms with Crippen LogP contribution in [-0.4, -0.2) is 22.7 Å². The number of nitrogens with one attached hydrogen (secondary N) is 1. The summed E-state index contributed by atoms with van der Waals surface area (Å²) in [7, 11) is 0. The first-order valence-electron chi connectivity index (χ1n) is 5.93. The third kappa shape index (κ3) is 2.14. The van der Waals surface area contributed by atoms with Crippen molar-refractivity contribution in [1.82, 2.24) is 0 Å². The summed E-state index contributed by atoms with van der Waals surface area (Å²) in [5.41, 5.74) is 1.25. The molecule has 1 aliphatic heterocycles. The van der Waals surface area contributed by atoms with Crippen LogP contribution in [-0.2, 0) is 17.0 Å². The van der Waals surface area contributed by atoms with E-state index in [4.69, 9.17) is 0 Å². The smallest absolute Gasteiger partial charge is 0.339 e. The number of rotatable bonds is 3. The fourth-order valence-corrected chi connectivity index (χ4v) is 4.48. The zero-order chi connectivity index (χ0) is 12.7. The molecule has 0 unspecified atom stereocenters. The number of carboxylic acid groups (broad SMARTS) is 1. The molecule has 96 valence electrons. The van der Waals surface area contributed by atoms with Gasteiger partial charge in [0.1, 0.15) is 5.00 Å². The van der Waals surface area contributed by atoms with Crippen molar-refractivity contribution in [3.8, 4) is 0 Å².